The molecule has 0 bridgehead atoms. The topological polar surface area (TPSA) is 111 Å². The molecule has 0 atom stereocenters. The molecule has 0 saturated heterocycles. The molecule has 0 amide bonds. The molecule has 0 aromatic heterocycles. The average Bonchev–Trinajstić information content (AvgIpc) is 2.78. The number of esters is 1. The van der Waals surface area contributed by atoms with Crippen LogP contribution in [0.2, 0.25) is 0 Å². The number of benzene rings is 3. The Hall–Kier alpha value is -3.48. The van der Waals surface area contributed by atoms with Crippen molar-refractivity contribution < 1.29 is 14.3 Å². The third-order valence-corrected chi connectivity index (χ3v) is 4.69. The van der Waals surface area contributed by atoms with E-state index >= 15 is 0 Å². The van der Waals surface area contributed by atoms with E-state index in [9.17, 15) is 4.79 Å². The first-order valence-electron chi connectivity index (χ1n) is 9.53. The van der Waals surface area contributed by atoms with E-state index in [4.69, 9.17) is 26.4 Å². The van der Waals surface area contributed by atoms with Crippen LogP contribution in [0.1, 0.15) is 32.6 Å². The third kappa shape index (κ3) is 5.31. The van der Waals surface area contributed by atoms with E-state index in [0.717, 1.165) is 27.8 Å². The highest BCUT2D eigenvalue weighted by molar-refractivity contribution is 5.96. The summed E-state index contributed by atoms with van der Waals surface area (Å²) in [5, 5.41) is 7.65. The van der Waals surface area contributed by atoms with Gasteiger partial charge in [-0.3, -0.25) is 5.41 Å². The second-order valence-corrected chi connectivity index (χ2v) is 6.92. The van der Waals surface area contributed by atoms with Crippen molar-refractivity contribution in [2.24, 2.45) is 11.5 Å². The molecule has 0 fully saturated rings. The quantitative estimate of drug-likeness (QED) is 0.302. The van der Waals surface area contributed by atoms with Crippen LogP contribution in [0.15, 0.2) is 66.7 Å². The minimum absolute atomic E-state index is 0.00996. The largest absolute Gasteiger partial charge is 0.465 e. The Morgan fingerprint density at radius 3 is 2.30 bits per heavy atom. The van der Waals surface area contributed by atoms with Gasteiger partial charge in [0.25, 0.3) is 0 Å². The fourth-order valence-corrected chi connectivity index (χ4v) is 3.18. The molecule has 0 spiro atoms. The summed E-state index contributed by atoms with van der Waals surface area (Å²) in [6.07, 6.45) is 0. The lowest BCUT2D eigenvalue weighted by Gasteiger charge is -2.11. The second kappa shape index (κ2) is 9.82. The number of amidine groups is 1. The molecule has 30 heavy (non-hydrogen) atoms. The molecule has 0 saturated carbocycles. The molecule has 3 aromatic carbocycles. The van der Waals surface area contributed by atoms with Crippen molar-refractivity contribution >= 4 is 11.8 Å². The molecule has 5 N–H and O–H groups in total. The van der Waals surface area contributed by atoms with Crippen LogP contribution in [0.5, 0.6) is 0 Å². The zero-order valence-electron chi connectivity index (χ0n) is 16.9. The molecule has 0 aliphatic heterocycles. The number of methoxy groups -OCH3 is 1. The normalized spacial score (nSPS) is 10.6. The summed E-state index contributed by atoms with van der Waals surface area (Å²) in [6, 6.07) is 20.8. The van der Waals surface area contributed by atoms with E-state index < -0.39 is 5.97 Å². The highest BCUT2D eigenvalue weighted by atomic mass is 16.5. The number of hydrogen-bond acceptors (Lipinski definition) is 5. The SMILES string of the molecule is COC(=O)c1cc(COCc2cccc(CN)c2)cc(-c2cccc(C(=N)N)c2)c1. The van der Waals surface area contributed by atoms with Crippen LogP contribution in [0.4, 0.5) is 0 Å². The molecule has 0 aliphatic carbocycles. The van der Waals surface area contributed by atoms with Gasteiger partial charge in [-0.25, -0.2) is 4.79 Å². The highest BCUT2D eigenvalue weighted by Crippen LogP contribution is 2.25. The van der Waals surface area contributed by atoms with E-state index in [1.807, 2.05) is 48.5 Å². The van der Waals surface area contributed by atoms with E-state index in [2.05, 4.69) is 0 Å². The minimum atomic E-state index is -0.420. The molecule has 3 aromatic rings. The number of ether oxygens (including phenoxy) is 2. The van der Waals surface area contributed by atoms with Gasteiger partial charge in [0.2, 0.25) is 0 Å². The first kappa shape index (κ1) is 21.2. The Bertz CT molecular complexity index is 1060. The molecule has 0 unspecified atom stereocenters. The maximum Gasteiger partial charge on any atom is 0.337 e. The van der Waals surface area contributed by atoms with Crippen molar-refractivity contribution in [2.45, 2.75) is 19.8 Å². The van der Waals surface area contributed by atoms with Crippen molar-refractivity contribution in [3.63, 3.8) is 0 Å². The van der Waals surface area contributed by atoms with E-state index in [1.54, 1.807) is 18.2 Å². The predicted octanol–water partition coefficient (Wildman–Crippen LogP) is 3.60. The molecule has 0 aliphatic rings. The van der Waals surface area contributed by atoms with Gasteiger partial charge >= 0.3 is 5.97 Å². The second-order valence-electron chi connectivity index (χ2n) is 6.92. The smallest absolute Gasteiger partial charge is 0.337 e. The summed E-state index contributed by atoms with van der Waals surface area (Å²) in [7, 11) is 1.35. The molecule has 154 valence electrons. The first-order chi connectivity index (χ1) is 14.5. The maximum absolute atomic E-state index is 12.2. The first-order valence-corrected chi connectivity index (χ1v) is 9.53. The molecular formula is C24H25N3O3. The number of carbonyl (C=O) groups excluding carboxylic acids is 1. The van der Waals surface area contributed by atoms with Gasteiger partial charge < -0.3 is 20.9 Å². The number of nitrogen functional groups attached to an aromatic ring is 1. The van der Waals surface area contributed by atoms with Gasteiger partial charge in [0.05, 0.1) is 25.9 Å². The summed E-state index contributed by atoms with van der Waals surface area (Å²) in [5.41, 5.74) is 17.0. The number of nitrogens with two attached hydrogens (primary N) is 2. The summed E-state index contributed by atoms with van der Waals surface area (Å²) >= 11 is 0. The predicted molar refractivity (Wildman–Crippen MR) is 117 cm³/mol. The van der Waals surface area contributed by atoms with E-state index in [-0.39, 0.29) is 5.84 Å². The Kier molecular flexibility index (Phi) is 6.95. The average molecular weight is 403 g/mol. The van der Waals surface area contributed by atoms with Crippen LogP contribution in [-0.4, -0.2) is 18.9 Å². The molecular weight excluding hydrogens is 378 g/mol. The fourth-order valence-electron chi connectivity index (χ4n) is 3.18. The van der Waals surface area contributed by atoms with Crippen molar-refractivity contribution in [1.29, 1.82) is 5.41 Å². The maximum atomic E-state index is 12.2. The van der Waals surface area contributed by atoms with Gasteiger partial charge in [-0.1, -0.05) is 42.5 Å². The van der Waals surface area contributed by atoms with Gasteiger partial charge in [-0.15, -0.1) is 0 Å². The Morgan fingerprint density at radius 1 is 0.867 bits per heavy atom. The number of nitrogens with one attached hydrogen (secondary N) is 1. The lowest BCUT2D eigenvalue weighted by molar-refractivity contribution is 0.0600. The summed E-state index contributed by atoms with van der Waals surface area (Å²) < 4.78 is 10.8. The number of rotatable bonds is 8. The standard InChI is InChI=1S/C24H25N3O3/c1-29-24(28)22-10-18(15-30-14-17-5-2-4-16(8-17)13-25)9-21(12-22)19-6-3-7-20(11-19)23(26)27/h2-12H,13-15,25H2,1H3,(H3,26,27). The Balaban J connectivity index is 1.84. The van der Waals surface area contributed by atoms with Crippen LogP contribution in [0.25, 0.3) is 11.1 Å². The molecule has 6 nitrogen and oxygen atoms in total. The lowest BCUT2D eigenvalue weighted by atomic mass is 9.98. The summed E-state index contributed by atoms with van der Waals surface area (Å²) in [4.78, 5) is 12.2. The third-order valence-electron chi connectivity index (χ3n) is 4.69. The molecule has 0 heterocycles. The summed E-state index contributed by atoms with van der Waals surface area (Å²) in [6.45, 7) is 1.25. The van der Waals surface area contributed by atoms with Gasteiger partial charge in [0.1, 0.15) is 5.84 Å². The van der Waals surface area contributed by atoms with Crippen molar-refractivity contribution in [1.82, 2.24) is 0 Å². The van der Waals surface area contributed by atoms with Crippen molar-refractivity contribution in [3.05, 3.63) is 94.5 Å². The van der Waals surface area contributed by atoms with Crippen LogP contribution in [0.3, 0.4) is 0 Å². The van der Waals surface area contributed by atoms with Crippen LogP contribution < -0.4 is 11.5 Å². The van der Waals surface area contributed by atoms with Crippen LogP contribution in [-0.2, 0) is 29.2 Å². The minimum Gasteiger partial charge on any atom is -0.465 e. The molecule has 0 radical (unpaired) electrons. The van der Waals surface area contributed by atoms with E-state index in [0.29, 0.717) is 30.9 Å². The van der Waals surface area contributed by atoms with Gasteiger partial charge in [0, 0.05) is 12.1 Å². The van der Waals surface area contributed by atoms with E-state index in [1.165, 1.54) is 7.11 Å². The summed E-state index contributed by atoms with van der Waals surface area (Å²) in [5.74, 6) is -0.430. The lowest BCUT2D eigenvalue weighted by Crippen LogP contribution is -2.10. The molecule has 3 rings (SSSR count). The fraction of sp³-hybridized carbons (Fsp3) is 0.167. The van der Waals surface area contributed by atoms with Crippen LogP contribution >= 0.6 is 0 Å². The van der Waals surface area contributed by atoms with Crippen molar-refractivity contribution in [3.8, 4) is 11.1 Å². The zero-order valence-corrected chi connectivity index (χ0v) is 16.9. The van der Waals surface area contributed by atoms with Crippen molar-refractivity contribution in [2.75, 3.05) is 7.11 Å². The Morgan fingerprint density at radius 2 is 1.57 bits per heavy atom. The van der Waals surface area contributed by atoms with Gasteiger partial charge in [-0.05, 0) is 52.1 Å². The van der Waals surface area contributed by atoms with Gasteiger partial charge in [0.15, 0.2) is 0 Å². The van der Waals surface area contributed by atoms with Gasteiger partial charge in [-0.2, -0.15) is 0 Å². The number of carbonyl (C=O) groups is 1. The highest BCUT2D eigenvalue weighted by Gasteiger charge is 2.11. The number of hydrogen-bond donors (Lipinski definition) is 3. The zero-order chi connectivity index (χ0) is 21.5. The van der Waals surface area contributed by atoms with Crippen LogP contribution in [0, 0.1) is 5.41 Å². The molecule has 6 heteroatoms. The monoisotopic (exact) mass is 403 g/mol. The Labute approximate surface area is 175 Å².